The number of halogens is 1. The summed E-state index contributed by atoms with van der Waals surface area (Å²) in [6.07, 6.45) is 0. The molecular formula is C12H20ClN3OS. The predicted molar refractivity (Wildman–Crippen MR) is 77.7 cm³/mol. The molecule has 6 heteroatoms. The van der Waals surface area contributed by atoms with Crippen LogP contribution in [-0.2, 0) is 0 Å². The SMILES string of the molecule is Cc1cscc1C(=O)N1CCN(C)CC1CN.Cl. The topological polar surface area (TPSA) is 49.6 Å². The lowest BCUT2D eigenvalue weighted by Crippen LogP contribution is -2.56. The van der Waals surface area contributed by atoms with Crippen LogP contribution in [0.25, 0.3) is 0 Å². The van der Waals surface area contributed by atoms with E-state index in [1.165, 1.54) is 0 Å². The number of amides is 1. The summed E-state index contributed by atoms with van der Waals surface area (Å²) in [6, 6.07) is 0.139. The molecule has 1 aromatic heterocycles. The summed E-state index contributed by atoms with van der Waals surface area (Å²) in [4.78, 5) is 16.6. The Kier molecular flexibility index (Phi) is 5.59. The fourth-order valence-electron chi connectivity index (χ4n) is 2.21. The lowest BCUT2D eigenvalue weighted by Gasteiger charge is -2.39. The number of thiophene rings is 1. The third kappa shape index (κ3) is 3.03. The molecule has 0 aliphatic carbocycles. The van der Waals surface area contributed by atoms with Crippen LogP contribution in [0.5, 0.6) is 0 Å². The van der Waals surface area contributed by atoms with Crippen molar-refractivity contribution in [1.29, 1.82) is 0 Å². The number of carbonyl (C=O) groups is 1. The summed E-state index contributed by atoms with van der Waals surface area (Å²) in [5.41, 5.74) is 7.66. The summed E-state index contributed by atoms with van der Waals surface area (Å²) < 4.78 is 0. The van der Waals surface area contributed by atoms with Crippen molar-refractivity contribution in [2.45, 2.75) is 13.0 Å². The molecule has 1 atom stereocenters. The Bertz CT molecular complexity index is 410. The lowest BCUT2D eigenvalue weighted by atomic mass is 10.1. The van der Waals surface area contributed by atoms with Crippen LogP contribution in [0.3, 0.4) is 0 Å². The van der Waals surface area contributed by atoms with Gasteiger partial charge in [-0.2, -0.15) is 11.3 Å². The van der Waals surface area contributed by atoms with Gasteiger partial charge in [-0.05, 0) is 24.9 Å². The largest absolute Gasteiger partial charge is 0.332 e. The van der Waals surface area contributed by atoms with Gasteiger partial charge in [0.25, 0.3) is 5.91 Å². The average Bonchev–Trinajstić information content (AvgIpc) is 2.74. The van der Waals surface area contributed by atoms with E-state index >= 15 is 0 Å². The maximum absolute atomic E-state index is 12.4. The first kappa shape index (κ1) is 15.4. The minimum atomic E-state index is 0. The summed E-state index contributed by atoms with van der Waals surface area (Å²) in [5.74, 6) is 0.132. The molecule has 2 N–H and O–H groups in total. The lowest BCUT2D eigenvalue weighted by molar-refractivity contribution is 0.0516. The molecule has 1 fully saturated rings. The zero-order valence-electron chi connectivity index (χ0n) is 10.8. The number of nitrogens with two attached hydrogens (primary N) is 1. The first-order valence-electron chi connectivity index (χ1n) is 5.86. The zero-order chi connectivity index (χ0) is 12.4. The molecule has 1 aliphatic rings. The third-order valence-electron chi connectivity index (χ3n) is 3.30. The fraction of sp³-hybridized carbons (Fsp3) is 0.583. The zero-order valence-corrected chi connectivity index (χ0v) is 12.4. The number of likely N-dealkylation sites (N-methyl/N-ethyl adjacent to an activating group) is 1. The molecule has 0 aromatic carbocycles. The van der Waals surface area contributed by atoms with Crippen LogP contribution in [0.1, 0.15) is 15.9 Å². The number of carbonyl (C=O) groups excluding carboxylic acids is 1. The van der Waals surface area contributed by atoms with E-state index in [-0.39, 0.29) is 24.4 Å². The highest BCUT2D eigenvalue weighted by atomic mass is 35.5. The highest BCUT2D eigenvalue weighted by Crippen LogP contribution is 2.19. The Hall–Kier alpha value is -0.620. The van der Waals surface area contributed by atoms with Crippen molar-refractivity contribution in [3.63, 3.8) is 0 Å². The Balaban J connectivity index is 0.00000162. The van der Waals surface area contributed by atoms with Crippen molar-refractivity contribution in [1.82, 2.24) is 9.80 Å². The molecule has 0 radical (unpaired) electrons. The quantitative estimate of drug-likeness (QED) is 0.890. The normalized spacial score (nSPS) is 20.6. The number of aryl methyl sites for hydroxylation is 1. The van der Waals surface area contributed by atoms with Gasteiger partial charge < -0.3 is 15.5 Å². The smallest absolute Gasteiger partial charge is 0.255 e. The highest BCUT2D eigenvalue weighted by molar-refractivity contribution is 7.08. The number of rotatable bonds is 2. The second-order valence-electron chi connectivity index (χ2n) is 4.62. The fourth-order valence-corrected chi connectivity index (χ4v) is 3.04. The molecule has 0 spiro atoms. The van der Waals surface area contributed by atoms with Crippen molar-refractivity contribution < 1.29 is 4.79 Å². The Labute approximate surface area is 118 Å². The molecule has 1 amide bonds. The van der Waals surface area contributed by atoms with Gasteiger partial charge in [0.1, 0.15) is 0 Å². The molecule has 1 unspecified atom stereocenters. The molecule has 0 saturated carbocycles. The van der Waals surface area contributed by atoms with Crippen LogP contribution in [0.4, 0.5) is 0 Å². The molecule has 102 valence electrons. The van der Waals surface area contributed by atoms with E-state index in [0.717, 1.165) is 30.8 Å². The second kappa shape index (κ2) is 6.52. The molecule has 2 heterocycles. The number of hydrogen-bond acceptors (Lipinski definition) is 4. The van der Waals surface area contributed by atoms with Crippen molar-refractivity contribution >= 4 is 29.7 Å². The van der Waals surface area contributed by atoms with E-state index in [9.17, 15) is 4.79 Å². The van der Waals surface area contributed by atoms with E-state index in [2.05, 4.69) is 11.9 Å². The first-order valence-corrected chi connectivity index (χ1v) is 6.80. The van der Waals surface area contributed by atoms with E-state index in [0.29, 0.717) is 6.54 Å². The van der Waals surface area contributed by atoms with Crippen molar-refractivity contribution in [3.05, 3.63) is 21.9 Å². The van der Waals surface area contributed by atoms with Crippen LogP contribution < -0.4 is 5.73 Å². The van der Waals surface area contributed by atoms with Gasteiger partial charge >= 0.3 is 0 Å². The minimum absolute atomic E-state index is 0. The molecular weight excluding hydrogens is 270 g/mol. The van der Waals surface area contributed by atoms with Gasteiger partial charge in [-0.3, -0.25) is 4.79 Å². The van der Waals surface area contributed by atoms with Gasteiger partial charge in [-0.15, -0.1) is 12.4 Å². The van der Waals surface area contributed by atoms with Crippen LogP contribution >= 0.6 is 23.7 Å². The van der Waals surface area contributed by atoms with E-state index in [1.807, 2.05) is 22.6 Å². The van der Waals surface area contributed by atoms with Crippen molar-refractivity contribution in [3.8, 4) is 0 Å². The van der Waals surface area contributed by atoms with Gasteiger partial charge in [0.05, 0.1) is 11.6 Å². The standard InChI is InChI=1S/C12H19N3OS.ClH/c1-9-7-17-8-11(9)12(16)15-4-3-14(2)6-10(15)5-13;/h7-8,10H,3-6,13H2,1-2H3;1H. The molecule has 0 bridgehead atoms. The van der Waals surface area contributed by atoms with E-state index in [4.69, 9.17) is 5.73 Å². The first-order chi connectivity index (χ1) is 8.13. The van der Waals surface area contributed by atoms with Crippen LogP contribution in [0.2, 0.25) is 0 Å². The van der Waals surface area contributed by atoms with Gasteiger partial charge in [-0.1, -0.05) is 0 Å². The summed E-state index contributed by atoms with van der Waals surface area (Å²) in [5, 5.41) is 3.95. The highest BCUT2D eigenvalue weighted by Gasteiger charge is 2.29. The predicted octanol–water partition coefficient (Wildman–Crippen LogP) is 1.19. The van der Waals surface area contributed by atoms with Crippen LogP contribution in [0, 0.1) is 6.92 Å². The van der Waals surface area contributed by atoms with Gasteiger partial charge in [-0.25, -0.2) is 0 Å². The van der Waals surface area contributed by atoms with Gasteiger partial charge in [0.15, 0.2) is 0 Å². The second-order valence-corrected chi connectivity index (χ2v) is 5.36. The molecule has 1 saturated heterocycles. The number of hydrogen-bond donors (Lipinski definition) is 1. The molecule has 4 nitrogen and oxygen atoms in total. The summed E-state index contributed by atoms with van der Waals surface area (Å²) in [7, 11) is 2.07. The minimum Gasteiger partial charge on any atom is -0.332 e. The maximum Gasteiger partial charge on any atom is 0.255 e. The molecule has 1 aliphatic heterocycles. The van der Waals surface area contributed by atoms with Gasteiger partial charge in [0.2, 0.25) is 0 Å². The van der Waals surface area contributed by atoms with E-state index in [1.54, 1.807) is 11.3 Å². The van der Waals surface area contributed by atoms with Crippen molar-refractivity contribution in [2.75, 3.05) is 33.2 Å². The summed E-state index contributed by atoms with van der Waals surface area (Å²) >= 11 is 1.58. The third-order valence-corrected chi connectivity index (χ3v) is 4.17. The average molecular weight is 290 g/mol. The Morgan fingerprint density at radius 3 is 2.78 bits per heavy atom. The van der Waals surface area contributed by atoms with Gasteiger partial charge in [0, 0.05) is 31.6 Å². The molecule has 2 rings (SSSR count). The Morgan fingerprint density at radius 1 is 1.50 bits per heavy atom. The number of piperazine rings is 1. The maximum atomic E-state index is 12.4. The summed E-state index contributed by atoms with van der Waals surface area (Å²) in [6.45, 7) is 5.07. The number of nitrogens with zero attached hydrogens (tertiary/aromatic N) is 2. The van der Waals surface area contributed by atoms with Crippen molar-refractivity contribution in [2.24, 2.45) is 5.73 Å². The van der Waals surface area contributed by atoms with E-state index < -0.39 is 0 Å². The molecule has 18 heavy (non-hydrogen) atoms. The van der Waals surface area contributed by atoms with Crippen LogP contribution in [-0.4, -0.2) is 55.0 Å². The van der Waals surface area contributed by atoms with Crippen LogP contribution in [0.15, 0.2) is 10.8 Å². The Morgan fingerprint density at radius 2 is 2.22 bits per heavy atom. The monoisotopic (exact) mass is 289 g/mol. The molecule has 1 aromatic rings.